The third-order valence-corrected chi connectivity index (χ3v) is 3.00. The van der Waals surface area contributed by atoms with Crippen LogP contribution in [0.15, 0.2) is 41.0 Å². The van der Waals surface area contributed by atoms with Crippen molar-refractivity contribution in [3.8, 4) is 0 Å². The number of benzene rings is 1. The van der Waals surface area contributed by atoms with Gasteiger partial charge in [0.05, 0.1) is 12.8 Å². The first-order valence-corrected chi connectivity index (χ1v) is 6.26. The molecule has 0 aliphatic rings. The van der Waals surface area contributed by atoms with Crippen LogP contribution in [0.4, 0.5) is 4.39 Å². The summed E-state index contributed by atoms with van der Waals surface area (Å²) in [4.78, 5) is 2.26. The molecule has 2 N–H and O–H groups in total. The Morgan fingerprint density at radius 2 is 2.16 bits per heavy atom. The van der Waals surface area contributed by atoms with Gasteiger partial charge in [0.25, 0.3) is 0 Å². The molecule has 0 radical (unpaired) electrons. The maximum absolute atomic E-state index is 13.2. The highest BCUT2D eigenvalue weighted by Gasteiger charge is 2.10. The predicted molar refractivity (Wildman–Crippen MR) is 76.2 cm³/mol. The van der Waals surface area contributed by atoms with Crippen LogP contribution in [-0.2, 0) is 13.1 Å². The molecule has 1 aromatic heterocycles. The zero-order valence-electron chi connectivity index (χ0n) is 10.6. The van der Waals surface area contributed by atoms with Crippen molar-refractivity contribution in [1.82, 2.24) is 4.90 Å². The van der Waals surface area contributed by atoms with E-state index in [1.807, 2.05) is 24.1 Å². The molecule has 1 aromatic carbocycles. The average Bonchev–Trinajstić information content (AvgIpc) is 2.83. The lowest BCUT2D eigenvalue weighted by atomic mass is 10.1. The van der Waals surface area contributed by atoms with Gasteiger partial charge < -0.3 is 10.2 Å². The second-order valence-corrected chi connectivity index (χ2v) is 4.86. The van der Waals surface area contributed by atoms with E-state index in [0.29, 0.717) is 18.7 Å². The SMILES string of the molecule is CN(Cc1ccco1)Cc1ccc(F)cc1C(N)=S. The predicted octanol–water partition coefficient (Wildman–Crippen LogP) is 2.68. The fourth-order valence-electron chi connectivity index (χ4n) is 1.93. The van der Waals surface area contributed by atoms with Crippen molar-refractivity contribution >= 4 is 17.2 Å². The smallest absolute Gasteiger partial charge is 0.123 e. The quantitative estimate of drug-likeness (QED) is 0.854. The second-order valence-electron chi connectivity index (χ2n) is 4.42. The summed E-state index contributed by atoms with van der Waals surface area (Å²) < 4.78 is 18.5. The number of nitrogens with two attached hydrogens (primary N) is 1. The number of halogens is 1. The fraction of sp³-hybridized carbons (Fsp3) is 0.214. The van der Waals surface area contributed by atoms with Gasteiger partial charge in [0.1, 0.15) is 16.6 Å². The Morgan fingerprint density at radius 3 is 2.79 bits per heavy atom. The molecule has 3 nitrogen and oxygen atoms in total. The lowest BCUT2D eigenvalue weighted by Gasteiger charge is -2.17. The molecule has 0 spiro atoms. The normalized spacial score (nSPS) is 10.9. The largest absolute Gasteiger partial charge is 0.468 e. The summed E-state index contributed by atoms with van der Waals surface area (Å²) in [5.41, 5.74) is 7.11. The van der Waals surface area contributed by atoms with Crippen LogP contribution in [0.25, 0.3) is 0 Å². The Bertz CT molecular complexity index is 569. The summed E-state index contributed by atoms with van der Waals surface area (Å²) in [6.45, 7) is 1.29. The second kappa shape index (κ2) is 5.95. The first-order valence-electron chi connectivity index (χ1n) is 5.85. The number of nitrogens with zero attached hydrogens (tertiary/aromatic N) is 1. The summed E-state index contributed by atoms with van der Waals surface area (Å²) in [5.74, 6) is 0.543. The zero-order chi connectivity index (χ0) is 13.8. The first kappa shape index (κ1) is 13.7. The lowest BCUT2D eigenvalue weighted by Crippen LogP contribution is -2.20. The molecular weight excluding hydrogens is 263 g/mol. The molecule has 100 valence electrons. The van der Waals surface area contributed by atoms with E-state index >= 15 is 0 Å². The molecule has 0 saturated carbocycles. The molecular formula is C14H15FN2OS. The van der Waals surface area contributed by atoms with Gasteiger partial charge in [-0.15, -0.1) is 0 Å². The number of thiocarbonyl (C=S) groups is 1. The van der Waals surface area contributed by atoms with Crippen LogP contribution >= 0.6 is 12.2 Å². The topological polar surface area (TPSA) is 42.4 Å². The van der Waals surface area contributed by atoms with Crippen molar-refractivity contribution in [3.05, 3.63) is 59.3 Å². The minimum atomic E-state index is -0.333. The Balaban J connectivity index is 2.12. The maximum Gasteiger partial charge on any atom is 0.123 e. The molecule has 0 fully saturated rings. The number of hydrogen-bond acceptors (Lipinski definition) is 3. The van der Waals surface area contributed by atoms with E-state index in [0.717, 1.165) is 11.3 Å². The van der Waals surface area contributed by atoms with Crippen LogP contribution in [-0.4, -0.2) is 16.9 Å². The number of furan rings is 1. The van der Waals surface area contributed by atoms with Gasteiger partial charge in [-0.25, -0.2) is 4.39 Å². The Kier molecular flexibility index (Phi) is 4.29. The minimum absolute atomic E-state index is 0.209. The monoisotopic (exact) mass is 278 g/mol. The third kappa shape index (κ3) is 3.62. The average molecular weight is 278 g/mol. The van der Waals surface area contributed by atoms with Crippen molar-refractivity contribution in [2.45, 2.75) is 13.1 Å². The van der Waals surface area contributed by atoms with E-state index in [-0.39, 0.29) is 10.8 Å². The Labute approximate surface area is 116 Å². The summed E-state index contributed by atoms with van der Waals surface area (Å²) in [6.07, 6.45) is 1.64. The van der Waals surface area contributed by atoms with Gasteiger partial charge in [0, 0.05) is 12.1 Å². The standard InChI is InChI=1S/C14H15FN2OS/c1-17(9-12-3-2-6-18-12)8-10-4-5-11(15)7-13(10)14(16)19/h2-7H,8-9H2,1H3,(H2,16,19). The highest BCUT2D eigenvalue weighted by Crippen LogP contribution is 2.15. The van der Waals surface area contributed by atoms with Crippen LogP contribution in [0, 0.1) is 5.82 Å². The maximum atomic E-state index is 13.2. The van der Waals surface area contributed by atoms with Crippen molar-refractivity contribution in [1.29, 1.82) is 0 Å². The van der Waals surface area contributed by atoms with Gasteiger partial charge in [-0.05, 0) is 36.9 Å². The molecule has 0 amide bonds. The summed E-state index contributed by atoms with van der Waals surface area (Å²) in [6, 6.07) is 8.26. The van der Waals surface area contributed by atoms with Gasteiger partial charge in [-0.2, -0.15) is 0 Å². The van der Waals surface area contributed by atoms with Crippen molar-refractivity contribution in [3.63, 3.8) is 0 Å². The lowest BCUT2D eigenvalue weighted by molar-refractivity contribution is 0.287. The van der Waals surface area contributed by atoms with Crippen molar-refractivity contribution in [2.75, 3.05) is 7.05 Å². The third-order valence-electron chi connectivity index (χ3n) is 2.78. The van der Waals surface area contributed by atoms with Gasteiger partial charge in [-0.1, -0.05) is 18.3 Å². The molecule has 1 heterocycles. The van der Waals surface area contributed by atoms with Crippen LogP contribution in [0.5, 0.6) is 0 Å². The summed E-state index contributed by atoms with van der Waals surface area (Å²) in [5, 5.41) is 0. The molecule has 2 rings (SSSR count). The summed E-state index contributed by atoms with van der Waals surface area (Å²) >= 11 is 4.95. The minimum Gasteiger partial charge on any atom is -0.468 e. The molecule has 0 bridgehead atoms. The Morgan fingerprint density at radius 1 is 1.37 bits per heavy atom. The van der Waals surface area contributed by atoms with E-state index in [1.165, 1.54) is 12.1 Å². The molecule has 0 aliphatic heterocycles. The van der Waals surface area contributed by atoms with E-state index < -0.39 is 0 Å². The highest BCUT2D eigenvalue weighted by atomic mass is 32.1. The highest BCUT2D eigenvalue weighted by molar-refractivity contribution is 7.80. The van der Waals surface area contributed by atoms with Gasteiger partial charge in [0.15, 0.2) is 0 Å². The summed E-state index contributed by atoms with van der Waals surface area (Å²) in [7, 11) is 1.95. The van der Waals surface area contributed by atoms with Crippen LogP contribution in [0.1, 0.15) is 16.9 Å². The fourth-order valence-corrected chi connectivity index (χ4v) is 2.12. The Hall–Kier alpha value is -1.72. The molecule has 19 heavy (non-hydrogen) atoms. The van der Waals surface area contributed by atoms with Crippen LogP contribution < -0.4 is 5.73 Å². The molecule has 0 atom stereocenters. The molecule has 0 saturated heterocycles. The van der Waals surface area contributed by atoms with Gasteiger partial charge in [0.2, 0.25) is 0 Å². The van der Waals surface area contributed by atoms with Crippen LogP contribution in [0.2, 0.25) is 0 Å². The van der Waals surface area contributed by atoms with E-state index in [4.69, 9.17) is 22.4 Å². The van der Waals surface area contributed by atoms with E-state index in [9.17, 15) is 4.39 Å². The van der Waals surface area contributed by atoms with Gasteiger partial charge in [-0.3, -0.25) is 4.90 Å². The van der Waals surface area contributed by atoms with Crippen LogP contribution in [0.3, 0.4) is 0 Å². The number of hydrogen-bond donors (Lipinski definition) is 1. The number of rotatable bonds is 5. The van der Waals surface area contributed by atoms with E-state index in [1.54, 1.807) is 12.3 Å². The van der Waals surface area contributed by atoms with E-state index in [2.05, 4.69) is 0 Å². The first-order chi connectivity index (χ1) is 9.06. The molecule has 0 aliphatic carbocycles. The van der Waals surface area contributed by atoms with Crippen molar-refractivity contribution < 1.29 is 8.81 Å². The molecule has 5 heteroatoms. The van der Waals surface area contributed by atoms with Gasteiger partial charge >= 0.3 is 0 Å². The molecule has 0 unspecified atom stereocenters. The van der Waals surface area contributed by atoms with Crippen molar-refractivity contribution in [2.24, 2.45) is 5.73 Å². The zero-order valence-corrected chi connectivity index (χ0v) is 11.4. The molecule has 2 aromatic rings.